The number of likely N-dealkylation sites (tertiary alicyclic amines) is 1. The number of nitrogens with one attached hydrogen (secondary N) is 1. The van der Waals surface area contributed by atoms with Crippen molar-refractivity contribution in [3.63, 3.8) is 0 Å². The molecule has 1 N–H and O–H groups in total. The number of aromatic nitrogens is 3. The zero-order valence-corrected chi connectivity index (χ0v) is 16.5. The van der Waals surface area contributed by atoms with Crippen molar-refractivity contribution in [2.75, 3.05) is 26.2 Å². The molecular formula is C19H25F3N6O. The fourth-order valence-corrected chi connectivity index (χ4v) is 3.29. The molecule has 1 unspecified atom stereocenters. The third-order valence-corrected chi connectivity index (χ3v) is 4.64. The largest absolute Gasteiger partial charge is 0.468 e. The van der Waals surface area contributed by atoms with Crippen LogP contribution in [0.25, 0.3) is 0 Å². The second kappa shape index (κ2) is 9.15. The van der Waals surface area contributed by atoms with E-state index in [1.165, 1.54) is 11.8 Å². The Kier molecular flexibility index (Phi) is 6.60. The number of nitrogens with zero attached hydrogens (tertiary/aromatic N) is 5. The van der Waals surface area contributed by atoms with Crippen LogP contribution >= 0.6 is 0 Å². The molecule has 2 aromatic heterocycles. The van der Waals surface area contributed by atoms with Crippen molar-refractivity contribution in [3.8, 4) is 5.88 Å². The van der Waals surface area contributed by atoms with Crippen LogP contribution in [-0.4, -0.2) is 58.0 Å². The lowest BCUT2D eigenvalue weighted by Crippen LogP contribution is -2.40. The molecular weight excluding hydrogens is 385 g/mol. The minimum atomic E-state index is -4.41. The molecule has 0 aliphatic carbocycles. The molecule has 1 fully saturated rings. The van der Waals surface area contributed by atoms with Crippen LogP contribution < -0.4 is 10.1 Å². The zero-order valence-electron chi connectivity index (χ0n) is 16.5. The number of guanidine groups is 1. The van der Waals surface area contributed by atoms with E-state index in [-0.39, 0.29) is 12.4 Å². The van der Waals surface area contributed by atoms with Crippen LogP contribution in [0.2, 0.25) is 0 Å². The number of pyridine rings is 1. The van der Waals surface area contributed by atoms with Crippen LogP contribution in [0.15, 0.2) is 35.7 Å². The third kappa shape index (κ3) is 5.85. The quantitative estimate of drug-likeness (QED) is 0.586. The molecule has 1 saturated heterocycles. The van der Waals surface area contributed by atoms with Gasteiger partial charge in [-0.1, -0.05) is 6.07 Å². The molecule has 1 atom stereocenters. The van der Waals surface area contributed by atoms with E-state index in [0.29, 0.717) is 18.0 Å². The van der Waals surface area contributed by atoms with E-state index in [4.69, 9.17) is 4.74 Å². The number of ether oxygens (including phenoxy) is 1. The van der Waals surface area contributed by atoms with Crippen molar-refractivity contribution in [1.82, 2.24) is 25.0 Å². The van der Waals surface area contributed by atoms with Gasteiger partial charge in [-0.2, -0.15) is 18.3 Å². The monoisotopic (exact) mass is 410 g/mol. The van der Waals surface area contributed by atoms with Crippen LogP contribution in [0.5, 0.6) is 5.88 Å². The highest BCUT2D eigenvalue weighted by atomic mass is 19.4. The highest BCUT2D eigenvalue weighted by Gasteiger charge is 2.29. The molecule has 7 nitrogen and oxygen atoms in total. The molecule has 29 heavy (non-hydrogen) atoms. The first-order valence-corrected chi connectivity index (χ1v) is 9.51. The Labute approximate surface area is 167 Å². The van der Waals surface area contributed by atoms with Gasteiger partial charge < -0.3 is 15.0 Å². The van der Waals surface area contributed by atoms with Gasteiger partial charge in [-0.25, -0.2) is 9.98 Å². The predicted molar refractivity (Wildman–Crippen MR) is 103 cm³/mol. The summed E-state index contributed by atoms with van der Waals surface area (Å²) in [5.74, 6) is 1.06. The van der Waals surface area contributed by atoms with Crippen molar-refractivity contribution in [2.24, 2.45) is 12.0 Å². The molecule has 3 heterocycles. The number of hydrogen-bond donors (Lipinski definition) is 1. The third-order valence-electron chi connectivity index (χ3n) is 4.64. The average molecular weight is 410 g/mol. The average Bonchev–Trinajstić information content (AvgIpc) is 3.32. The van der Waals surface area contributed by atoms with Gasteiger partial charge in [-0.3, -0.25) is 4.68 Å². The fraction of sp³-hybridized carbons (Fsp3) is 0.526. The van der Waals surface area contributed by atoms with Crippen molar-refractivity contribution in [3.05, 3.63) is 41.9 Å². The number of aryl methyl sites for hydroxylation is 1. The van der Waals surface area contributed by atoms with E-state index in [1.54, 1.807) is 16.8 Å². The summed E-state index contributed by atoms with van der Waals surface area (Å²) in [6.45, 7) is 3.12. The Bertz CT molecular complexity index is 835. The first kappa shape index (κ1) is 20.9. The summed E-state index contributed by atoms with van der Waals surface area (Å²) < 4.78 is 44.0. The molecule has 0 amide bonds. The van der Waals surface area contributed by atoms with Gasteiger partial charge in [-0.15, -0.1) is 0 Å². The summed E-state index contributed by atoms with van der Waals surface area (Å²) in [5.41, 5.74) is 1.70. The number of alkyl halides is 3. The lowest BCUT2D eigenvalue weighted by atomic mass is 10.0. The summed E-state index contributed by atoms with van der Waals surface area (Å²) in [6.07, 6.45) is 1.89. The Morgan fingerprint density at radius 2 is 2.24 bits per heavy atom. The minimum Gasteiger partial charge on any atom is -0.468 e. The van der Waals surface area contributed by atoms with Gasteiger partial charge >= 0.3 is 6.18 Å². The second-order valence-corrected chi connectivity index (χ2v) is 6.92. The maximum absolute atomic E-state index is 12.5. The smallest absolute Gasteiger partial charge is 0.422 e. The predicted octanol–water partition coefficient (Wildman–Crippen LogP) is 2.71. The first-order chi connectivity index (χ1) is 13.9. The molecule has 0 bridgehead atoms. The van der Waals surface area contributed by atoms with Gasteiger partial charge in [0, 0.05) is 50.6 Å². The molecule has 0 spiro atoms. The Morgan fingerprint density at radius 3 is 2.93 bits per heavy atom. The molecule has 10 heteroatoms. The lowest BCUT2D eigenvalue weighted by molar-refractivity contribution is -0.154. The highest BCUT2D eigenvalue weighted by Crippen LogP contribution is 2.27. The van der Waals surface area contributed by atoms with Crippen molar-refractivity contribution in [2.45, 2.75) is 32.0 Å². The number of rotatable bonds is 6. The number of halogens is 3. The summed E-state index contributed by atoms with van der Waals surface area (Å²) in [7, 11) is 1.90. The fourth-order valence-electron chi connectivity index (χ4n) is 3.29. The molecule has 1 aliphatic rings. The summed E-state index contributed by atoms with van der Waals surface area (Å²) >= 11 is 0. The molecule has 0 radical (unpaired) electrons. The van der Waals surface area contributed by atoms with Crippen molar-refractivity contribution < 1.29 is 17.9 Å². The van der Waals surface area contributed by atoms with Crippen LogP contribution in [-0.2, 0) is 13.6 Å². The molecule has 1 aliphatic heterocycles. The second-order valence-electron chi connectivity index (χ2n) is 6.92. The molecule has 0 saturated carbocycles. The van der Waals surface area contributed by atoms with Crippen molar-refractivity contribution in [1.29, 1.82) is 0 Å². The van der Waals surface area contributed by atoms with Crippen LogP contribution in [0, 0.1) is 0 Å². The topological polar surface area (TPSA) is 67.6 Å². The van der Waals surface area contributed by atoms with E-state index >= 15 is 0 Å². The van der Waals surface area contributed by atoms with Crippen LogP contribution in [0.3, 0.4) is 0 Å². The molecule has 3 rings (SSSR count). The molecule has 0 aromatic carbocycles. The van der Waals surface area contributed by atoms with E-state index in [9.17, 15) is 13.2 Å². The first-order valence-electron chi connectivity index (χ1n) is 9.51. The van der Waals surface area contributed by atoms with Gasteiger partial charge in [0.25, 0.3) is 0 Å². The summed E-state index contributed by atoms with van der Waals surface area (Å²) in [6, 6.07) is 3.33. The van der Waals surface area contributed by atoms with Crippen LogP contribution in [0.1, 0.15) is 30.4 Å². The lowest BCUT2D eigenvalue weighted by Gasteiger charge is -2.21. The number of aliphatic imine (C=N–C) groups is 1. The normalized spacial score (nSPS) is 17.6. The minimum absolute atomic E-state index is 0.0425. The Hall–Kier alpha value is -2.78. The summed E-state index contributed by atoms with van der Waals surface area (Å²) in [5, 5.41) is 7.50. The number of hydrogen-bond acceptors (Lipinski definition) is 4. The van der Waals surface area contributed by atoms with Gasteiger partial charge in [-0.05, 0) is 25.0 Å². The zero-order chi connectivity index (χ0) is 20.9. The standard InChI is InChI=1S/C19H25F3N6O/c1-3-23-18(28-8-6-15(12-28)16-10-26-27(2)11-16)25-9-14-5-4-7-24-17(14)29-13-19(20,21)22/h4-5,7,10-11,15H,3,6,8-9,12-13H2,1-2H3,(H,23,25). The Balaban J connectivity index is 1.69. The van der Waals surface area contributed by atoms with E-state index in [0.717, 1.165) is 25.5 Å². The van der Waals surface area contributed by atoms with Gasteiger partial charge in [0.2, 0.25) is 5.88 Å². The van der Waals surface area contributed by atoms with Gasteiger partial charge in [0.1, 0.15) is 0 Å². The van der Waals surface area contributed by atoms with E-state index in [1.807, 2.05) is 26.4 Å². The van der Waals surface area contributed by atoms with E-state index in [2.05, 4.69) is 25.3 Å². The molecule has 2 aromatic rings. The van der Waals surface area contributed by atoms with Crippen LogP contribution in [0.4, 0.5) is 13.2 Å². The van der Waals surface area contributed by atoms with Gasteiger partial charge in [0.15, 0.2) is 12.6 Å². The summed E-state index contributed by atoms with van der Waals surface area (Å²) in [4.78, 5) is 10.7. The Morgan fingerprint density at radius 1 is 1.41 bits per heavy atom. The maximum Gasteiger partial charge on any atom is 0.422 e. The SMILES string of the molecule is CCNC(=NCc1cccnc1OCC(F)(F)F)N1CCC(c2cnn(C)c2)C1. The van der Waals surface area contributed by atoms with Gasteiger partial charge in [0.05, 0.1) is 12.7 Å². The van der Waals surface area contributed by atoms with E-state index < -0.39 is 12.8 Å². The highest BCUT2D eigenvalue weighted by molar-refractivity contribution is 5.80. The maximum atomic E-state index is 12.5. The van der Waals surface area contributed by atoms with Crippen molar-refractivity contribution >= 4 is 5.96 Å². The molecule has 158 valence electrons.